The Labute approximate surface area is 123 Å². The minimum Gasteiger partial charge on any atom is -0.271 e. The maximum Gasteiger partial charge on any atom is 0.0503 e. The lowest BCUT2D eigenvalue weighted by atomic mass is 9.96. The van der Waals surface area contributed by atoms with Crippen LogP contribution >= 0.6 is 23.2 Å². The molecule has 0 saturated carbocycles. The largest absolute Gasteiger partial charge is 0.271 e. The van der Waals surface area contributed by atoms with Crippen molar-refractivity contribution in [2.45, 2.75) is 19.4 Å². The molecule has 2 nitrogen and oxygen atoms in total. The first-order valence-corrected chi connectivity index (χ1v) is 6.83. The van der Waals surface area contributed by atoms with Crippen LogP contribution in [0.2, 0.25) is 10.0 Å². The van der Waals surface area contributed by atoms with Crippen LogP contribution in [-0.2, 0) is 6.42 Å². The van der Waals surface area contributed by atoms with Crippen molar-refractivity contribution >= 4 is 23.2 Å². The quantitative estimate of drug-likeness (QED) is 0.659. The van der Waals surface area contributed by atoms with Crippen molar-refractivity contribution in [2.24, 2.45) is 5.84 Å². The number of benzene rings is 2. The highest BCUT2D eigenvalue weighted by Crippen LogP contribution is 2.26. The zero-order chi connectivity index (χ0) is 13.8. The lowest BCUT2D eigenvalue weighted by molar-refractivity contribution is 0.549. The van der Waals surface area contributed by atoms with E-state index in [1.807, 2.05) is 49.4 Å². The fraction of sp³-hybridized carbons (Fsp3) is 0.200. The van der Waals surface area contributed by atoms with Gasteiger partial charge in [0.15, 0.2) is 0 Å². The summed E-state index contributed by atoms with van der Waals surface area (Å²) in [5.74, 6) is 5.69. The second-order valence-electron chi connectivity index (χ2n) is 4.52. The first kappa shape index (κ1) is 14.4. The summed E-state index contributed by atoms with van der Waals surface area (Å²) in [6, 6.07) is 13.6. The second kappa shape index (κ2) is 6.40. The van der Waals surface area contributed by atoms with Crippen LogP contribution in [0, 0.1) is 6.92 Å². The van der Waals surface area contributed by atoms with Gasteiger partial charge in [0, 0.05) is 10.0 Å². The minimum atomic E-state index is -0.0152. The molecule has 0 heterocycles. The summed E-state index contributed by atoms with van der Waals surface area (Å²) in [6.45, 7) is 2.04. The lowest BCUT2D eigenvalue weighted by Crippen LogP contribution is -2.30. The number of nitrogens with one attached hydrogen (secondary N) is 1. The summed E-state index contributed by atoms with van der Waals surface area (Å²) in [5.41, 5.74) is 6.15. The zero-order valence-electron chi connectivity index (χ0n) is 10.7. The van der Waals surface area contributed by atoms with Gasteiger partial charge in [0.05, 0.1) is 6.04 Å². The summed E-state index contributed by atoms with van der Waals surface area (Å²) in [7, 11) is 0. The van der Waals surface area contributed by atoms with Gasteiger partial charge in [-0.15, -0.1) is 0 Å². The van der Waals surface area contributed by atoms with Crippen LogP contribution < -0.4 is 11.3 Å². The van der Waals surface area contributed by atoms with Crippen molar-refractivity contribution in [3.8, 4) is 0 Å². The Kier molecular flexibility index (Phi) is 4.83. The number of hydrazine groups is 1. The Morgan fingerprint density at radius 3 is 2.58 bits per heavy atom. The Balaban J connectivity index is 2.30. The molecule has 0 aliphatic heterocycles. The average molecular weight is 295 g/mol. The van der Waals surface area contributed by atoms with E-state index in [9.17, 15) is 0 Å². The van der Waals surface area contributed by atoms with Gasteiger partial charge in [-0.2, -0.15) is 0 Å². The number of rotatable bonds is 4. The van der Waals surface area contributed by atoms with Gasteiger partial charge in [-0.25, -0.2) is 0 Å². The molecule has 1 unspecified atom stereocenters. The van der Waals surface area contributed by atoms with Gasteiger partial charge in [0.25, 0.3) is 0 Å². The van der Waals surface area contributed by atoms with Crippen molar-refractivity contribution in [3.63, 3.8) is 0 Å². The first-order valence-electron chi connectivity index (χ1n) is 6.07. The summed E-state index contributed by atoms with van der Waals surface area (Å²) < 4.78 is 0. The molecule has 2 aromatic carbocycles. The van der Waals surface area contributed by atoms with Gasteiger partial charge >= 0.3 is 0 Å². The van der Waals surface area contributed by atoms with Gasteiger partial charge < -0.3 is 0 Å². The fourth-order valence-electron chi connectivity index (χ4n) is 2.13. The standard InChI is InChI=1S/C15H16Cl2N2/c1-10-6-7-12(16)9-13(10)15(19-18)8-11-4-2-3-5-14(11)17/h2-7,9,15,19H,8,18H2,1H3. The highest BCUT2D eigenvalue weighted by Gasteiger charge is 2.14. The molecule has 1 atom stereocenters. The third kappa shape index (κ3) is 3.48. The molecule has 19 heavy (non-hydrogen) atoms. The van der Waals surface area contributed by atoms with E-state index in [1.54, 1.807) is 0 Å². The number of halogens is 2. The summed E-state index contributed by atoms with van der Waals surface area (Å²) >= 11 is 12.2. The molecular formula is C15H16Cl2N2. The number of hydrogen-bond acceptors (Lipinski definition) is 2. The first-order chi connectivity index (χ1) is 9.11. The maximum atomic E-state index is 6.19. The van der Waals surface area contributed by atoms with Crippen molar-refractivity contribution in [1.29, 1.82) is 0 Å². The SMILES string of the molecule is Cc1ccc(Cl)cc1C(Cc1ccccc1Cl)NN. The molecule has 0 aliphatic carbocycles. The van der Waals surface area contributed by atoms with E-state index in [0.717, 1.165) is 28.1 Å². The Bertz CT molecular complexity index is 570. The van der Waals surface area contributed by atoms with E-state index in [0.29, 0.717) is 5.02 Å². The van der Waals surface area contributed by atoms with Crippen LogP contribution in [-0.4, -0.2) is 0 Å². The van der Waals surface area contributed by atoms with Gasteiger partial charge in [-0.05, 0) is 48.2 Å². The maximum absolute atomic E-state index is 6.19. The monoisotopic (exact) mass is 294 g/mol. The van der Waals surface area contributed by atoms with E-state index >= 15 is 0 Å². The van der Waals surface area contributed by atoms with Crippen LogP contribution in [0.1, 0.15) is 22.7 Å². The van der Waals surface area contributed by atoms with E-state index < -0.39 is 0 Å². The molecule has 100 valence electrons. The molecule has 2 rings (SSSR count). The summed E-state index contributed by atoms with van der Waals surface area (Å²) in [5, 5.41) is 1.46. The highest BCUT2D eigenvalue weighted by molar-refractivity contribution is 6.31. The normalized spacial score (nSPS) is 12.4. The molecule has 2 aromatic rings. The van der Waals surface area contributed by atoms with Crippen LogP contribution in [0.15, 0.2) is 42.5 Å². The van der Waals surface area contributed by atoms with Gasteiger partial charge in [-0.1, -0.05) is 47.5 Å². The van der Waals surface area contributed by atoms with E-state index in [4.69, 9.17) is 29.0 Å². The van der Waals surface area contributed by atoms with E-state index in [1.165, 1.54) is 0 Å². The van der Waals surface area contributed by atoms with Crippen molar-refractivity contribution < 1.29 is 0 Å². The van der Waals surface area contributed by atoms with Crippen LogP contribution in [0.3, 0.4) is 0 Å². The average Bonchev–Trinajstić information content (AvgIpc) is 2.41. The molecule has 0 spiro atoms. The summed E-state index contributed by atoms with van der Waals surface area (Å²) in [4.78, 5) is 0. The van der Waals surface area contributed by atoms with E-state index in [2.05, 4.69) is 5.43 Å². The molecule has 0 amide bonds. The molecule has 0 saturated heterocycles. The Hall–Kier alpha value is -1.06. The number of nitrogens with two attached hydrogens (primary N) is 1. The predicted octanol–water partition coefficient (Wildman–Crippen LogP) is 4.05. The van der Waals surface area contributed by atoms with E-state index in [-0.39, 0.29) is 6.04 Å². The molecule has 3 N–H and O–H groups in total. The van der Waals surface area contributed by atoms with Gasteiger partial charge in [-0.3, -0.25) is 11.3 Å². The second-order valence-corrected chi connectivity index (χ2v) is 5.36. The lowest BCUT2D eigenvalue weighted by Gasteiger charge is -2.19. The molecular weight excluding hydrogens is 279 g/mol. The van der Waals surface area contributed by atoms with Crippen LogP contribution in [0.25, 0.3) is 0 Å². The zero-order valence-corrected chi connectivity index (χ0v) is 12.2. The minimum absolute atomic E-state index is 0.0152. The molecule has 0 bridgehead atoms. The van der Waals surface area contributed by atoms with Crippen molar-refractivity contribution in [1.82, 2.24) is 5.43 Å². The van der Waals surface area contributed by atoms with Gasteiger partial charge in [0.2, 0.25) is 0 Å². The van der Waals surface area contributed by atoms with Crippen LogP contribution in [0.4, 0.5) is 0 Å². The molecule has 4 heteroatoms. The fourth-order valence-corrected chi connectivity index (χ4v) is 2.52. The number of hydrogen-bond donors (Lipinski definition) is 2. The highest BCUT2D eigenvalue weighted by atomic mass is 35.5. The topological polar surface area (TPSA) is 38.0 Å². The van der Waals surface area contributed by atoms with Gasteiger partial charge in [0.1, 0.15) is 0 Å². The molecule has 0 fully saturated rings. The summed E-state index contributed by atoms with van der Waals surface area (Å²) in [6.07, 6.45) is 0.720. The molecule has 0 radical (unpaired) electrons. The smallest absolute Gasteiger partial charge is 0.0503 e. The van der Waals surface area contributed by atoms with Crippen LogP contribution in [0.5, 0.6) is 0 Å². The predicted molar refractivity (Wildman–Crippen MR) is 81.4 cm³/mol. The van der Waals surface area contributed by atoms with Crippen molar-refractivity contribution in [2.75, 3.05) is 0 Å². The Morgan fingerprint density at radius 1 is 1.16 bits per heavy atom. The van der Waals surface area contributed by atoms with Crippen molar-refractivity contribution in [3.05, 3.63) is 69.2 Å². The number of aryl methyl sites for hydroxylation is 1. The molecule has 0 aliphatic rings. The molecule has 0 aromatic heterocycles. The Morgan fingerprint density at radius 2 is 1.89 bits per heavy atom. The third-order valence-corrected chi connectivity index (χ3v) is 3.80. The third-order valence-electron chi connectivity index (χ3n) is 3.20.